The maximum absolute atomic E-state index is 12.5. The summed E-state index contributed by atoms with van der Waals surface area (Å²) in [6.07, 6.45) is -3.38. The molecule has 0 radical (unpaired) electrons. The van der Waals surface area contributed by atoms with Crippen LogP contribution in [-0.2, 0) is 0 Å². The second kappa shape index (κ2) is 3.42. The van der Waals surface area contributed by atoms with Crippen molar-refractivity contribution >= 4 is 6.21 Å². The smallest absolute Gasteiger partial charge is 0.323 e. The van der Waals surface area contributed by atoms with E-state index in [0.717, 1.165) is 0 Å². The average molecular weight is 203 g/mol. The number of nitrogens with zero attached hydrogens (tertiary/aromatic N) is 2. The number of hydrogen-bond acceptors (Lipinski definition) is 3. The first-order valence-electron chi connectivity index (χ1n) is 3.89. The molecule has 14 heavy (non-hydrogen) atoms. The lowest BCUT2D eigenvalue weighted by Crippen LogP contribution is -2.38. The number of nitriles is 1. The first kappa shape index (κ1) is 10.7. The van der Waals surface area contributed by atoms with Crippen LogP contribution in [0.1, 0.15) is 6.92 Å². The third kappa shape index (κ3) is 1.77. The number of allylic oxidation sites excluding steroid dienone is 1. The number of hydrogen-bond donors (Lipinski definition) is 1. The zero-order valence-electron chi connectivity index (χ0n) is 7.34. The molecule has 6 heteroatoms. The van der Waals surface area contributed by atoms with Crippen LogP contribution in [0.5, 0.6) is 0 Å². The van der Waals surface area contributed by atoms with Crippen LogP contribution in [0.15, 0.2) is 16.3 Å². The molecular weight excluding hydrogens is 195 g/mol. The molecule has 2 unspecified atom stereocenters. The Bertz CT molecular complexity index is 335. The molecule has 2 atom stereocenters. The lowest BCUT2D eigenvalue weighted by molar-refractivity contribution is -0.0995. The predicted molar refractivity (Wildman–Crippen MR) is 44.3 cm³/mol. The monoisotopic (exact) mass is 203 g/mol. The highest BCUT2D eigenvalue weighted by molar-refractivity contribution is 5.70. The summed E-state index contributed by atoms with van der Waals surface area (Å²) < 4.78 is 37.4. The largest absolute Gasteiger partial charge is 0.415 e. The number of rotatable bonds is 0. The second-order valence-corrected chi connectivity index (χ2v) is 3.02. The van der Waals surface area contributed by atoms with Crippen LogP contribution in [0.4, 0.5) is 13.2 Å². The Kier molecular flexibility index (Phi) is 2.62. The fraction of sp³-hybridized carbons (Fsp3) is 0.500. The van der Waals surface area contributed by atoms with Crippen LogP contribution < -0.4 is 5.73 Å². The van der Waals surface area contributed by atoms with Crippen molar-refractivity contribution in [3.63, 3.8) is 0 Å². The van der Waals surface area contributed by atoms with Gasteiger partial charge in [0.25, 0.3) is 0 Å². The molecule has 3 nitrogen and oxygen atoms in total. The molecule has 0 saturated carbocycles. The maximum Gasteiger partial charge on any atom is 0.415 e. The third-order valence-corrected chi connectivity index (χ3v) is 2.07. The van der Waals surface area contributed by atoms with Crippen LogP contribution in [0.25, 0.3) is 0 Å². The highest BCUT2D eigenvalue weighted by atomic mass is 19.4. The lowest BCUT2D eigenvalue weighted by Gasteiger charge is -2.25. The van der Waals surface area contributed by atoms with E-state index in [2.05, 4.69) is 4.99 Å². The van der Waals surface area contributed by atoms with E-state index in [0.29, 0.717) is 0 Å². The van der Waals surface area contributed by atoms with E-state index in [4.69, 9.17) is 11.0 Å². The topological polar surface area (TPSA) is 62.2 Å². The summed E-state index contributed by atoms with van der Waals surface area (Å²) in [7, 11) is 0. The Balaban J connectivity index is 3.24. The molecule has 0 aromatic carbocycles. The van der Waals surface area contributed by atoms with Gasteiger partial charge in [-0.3, -0.25) is 0 Å². The molecule has 1 aliphatic heterocycles. The minimum Gasteiger partial charge on any atom is -0.323 e. The van der Waals surface area contributed by atoms with E-state index in [1.165, 1.54) is 19.2 Å². The molecule has 2 N–H and O–H groups in total. The summed E-state index contributed by atoms with van der Waals surface area (Å²) in [4.78, 5) is 3.38. The summed E-state index contributed by atoms with van der Waals surface area (Å²) in [5, 5.41) is 8.47. The Labute approximate surface area is 78.7 Å². The van der Waals surface area contributed by atoms with Crippen LogP contribution in [0, 0.1) is 17.2 Å². The van der Waals surface area contributed by atoms with Gasteiger partial charge >= 0.3 is 6.18 Å². The summed E-state index contributed by atoms with van der Waals surface area (Å²) >= 11 is 0. The van der Waals surface area contributed by atoms with E-state index in [9.17, 15) is 13.2 Å². The predicted octanol–water partition coefficient (Wildman–Crippen LogP) is 1.37. The molecule has 0 fully saturated rings. The Morgan fingerprint density at radius 3 is 2.57 bits per heavy atom. The first-order valence-corrected chi connectivity index (χ1v) is 3.89. The van der Waals surface area contributed by atoms with Gasteiger partial charge in [-0.05, 0) is 0 Å². The van der Waals surface area contributed by atoms with Gasteiger partial charge in [0.2, 0.25) is 0 Å². The van der Waals surface area contributed by atoms with Gasteiger partial charge in [-0.15, -0.1) is 0 Å². The molecule has 0 saturated heterocycles. The average Bonchev–Trinajstić information content (AvgIpc) is 2.07. The zero-order chi connectivity index (χ0) is 10.9. The van der Waals surface area contributed by atoms with Crippen molar-refractivity contribution in [2.75, 3.05) is 0 Å². The van der Waals surface area contributed by atoms with Gasteiger partial charge in [0.05, 0.1) is 5.57 Å². The zero-order valence-corrected chi connectivity index (χ0v) is 7.34. The number of halogens is 3. The van der Waals surface area contributed by atoms with Crippen molar-refractivity contribution in [3.8, 4) is 6.07 Å². The molecule has 0 amide bonds. The first-order chi connectivity index (χ1) is 6.38. The van der Waals surface area contributed by atoms with Crippen molar-refractivity contribution < 1.29 is 13.2 Å². The van der Waals surface area contributed by atoms with Gasteiger partial charge in [0.15, 0.2) is 0 Å². The van der Waals surface area contributed by atoms with Gasteiger partial charge in [-0.1, -0.05) is 6.92 Å². The quantitative estimate of drug-likeness (QED) is 0.646. The third-order valence-electron chi connectivity index (χ3n) is 2.07. The fourth-order valence-electron chi connectivity index (χ4n) is 1.25. The molecule has 1 aliphatic rings. The second-order valence-electron chi connectivity index (χ2n) is 3.02. The number of alkyl halides is 3. The molecule has 76 valence electrons. The van der Waals surface area contributed by atoms with Crippen molar-refractivity contribution in [2.45, 2.75) is 19.1 Å². The highest BCUT2D eigenvalue weighted by Crippen LogP contribution is 2.36. The highest BCUT2D eigenvalue weighted by Gasteiger charge is 2.42. The summed E-state index contributed by atoms with van der Waals surface area (Å²) in [6.45, 7) is 1.33. The van der Waals surface area contributed by atoms with Crippen molar-refractivity contribution in [1.29, 1.82) is 5.26 Å². The van der Waals surface area contributed by atoms with E-state index in [1.54, 1.807) is 0 Å². The van der Waals surface area contributed by atoms with Crippen LogP contribution in [-0.4, -0.2) is 18.4 Å². The molecule has 1 heterocycles. The molecule has 0 spiro atoms. The Hall–Kier alpha value is -1.35. The minimum atomic E-state index is -4.54. The SMILES string of the molecule is CC1C(C(F)(F)F)=C(C#N)N=CC1N. The maximum atomic E-state index is 12.5. The van der Waals surface area contributed by atoms with E-state index in [1.807, 2.05) is 0 Å². The number of nitrogens with two attached hydrogens (primary N) is 1. The summed E-state index contributed by atoms with van der Waals surface area (Å²) in [5.41, 5.74) is 3.86. The van der Waals surface area contributed by atoms with Gasteiger partial charge < -0.3 is 5.73 Å². The molecule has 0 aliphatic carbocycles. The summed E-state index contributed by atoms with van der Waals surface area (Å²) in [5.74, 6) is -0.929. The van der Waals surface area contributed by atoms with Crippen molar-refractivity contribution in [2.24, 2.45) is 16.6 Å². The van der Waals surface area contributed by atoms with Gasteiger partial charge in [-0.2, -0.15) is 18.4 Å². The Morgan fingerprint density at radius 2 is 2.14 bits per heavy atom. The van der Waals surface area contributed by atoms with E-state index in [-0.39, 0.29) is 0 Å². The van der Waals surface area contributed by atoms with Gasteiger partial charge in [0, 0.05) is 18.2 Å². The van der Waals surface area contributed by atoms with Gasteiger partial charge in [0.1, 0.15) is 11.8 Å². The van der Waals surface area contributed by atoms with E-state index < -0.39 is 29.4 Å². The van der Waals surface area contributed by atoms with Crippen molar-refractivity contribution in [3.05, 3.63) is 11.3 Å². The van der Waals surface area contributed by atoms with E-state index >= 15 is 0 Å². The van der Waals surface area contributed by atoms with Crippen LogP contribution >= 0.6 is 0 Å². The Morgan fingerprint density at radius 1 is 1.57 bits per heavy atom. The standard InChI is InChI=1S/C8H8F3N3/c1-4-5(13)3-14-6(2-12)7(4)8(9,10)11/h3-5H,13H2,1H3. The molecule has 0 bridgehead atoms. The van der Waals surface area contributed by atoms with Crippen molar-refractivity contribution in [1.82, 2.24) is 0 Å². The van der Waals surface area contributed by atoms with Crippen LogP contribution in [0.3, 0.4) is 0 Å². The van der Waals surface area contributed by atoms with Gasteiger partial charge in [-0.25, -0.2) is 4.99 Å². The molecule has 0 aromatic rings. The molecular formula is C8H8F3N3. The summed E-state index contributed by atoms with van der Waals surface area (Å²) in [6, 6.07) is 0.629. The van der Waals surface area contributed by atoms with Crippen LogP contribution in [0.2, 0.25) is 0 Å². The number of aliphatic imine (C=N–C) groups is 1. The minimum absolute atomic E-state index is 0.591. The lowest BCUT2D eigenvalue weighted by atomic mass is 9.90. The molecule has 1 rings (SSSR count). The normalized spacial score (nSPS) is 27.7. The molecule has 0 aromatic heterocycles. The fourth-order valence-corrected chi connectivity index (χ4v) is 1.25.